The Bertz CT molecular complexity index is 657. The van der Waals surface area contributed by atoms with Crippen molar-refractivity contribution in [2.24, 2.45) is 11.8 Å². The summed E-state index contributed by atoms with van der Waals surface area (Å²) in [6.07, 6.45) is 5.28. The minimum absolute atomic E-state index is 0.0767. The molecule has 0 aromatic heterocycles. The van der Waals surface area contributed by atoms with Crippen LogP contribution in [-0.4, -0.2) is 80.1 Å². The molecule has 3 rings (SSSR count). The summed E-state index contributed by atoms with van der Waals surface area (Å²) in [6, 6.07) is -0.660. The first kappa shape index (κ1) is 21.2. The maximum atomic E-state index is 13.6. The Hall–Kier alpha value is -1.54. The Morgan fingerprint density at radius 1 is 1.43 bits per heavy atom. The fourth-order valence-corrected chi connectivity index (χ4v) is 7.37. The quantitative estimate of drug-likeness (QED) is 0.528. The second kappa shape index (κ2) is 8.45. The maximum absolute atomic E-state index is 13.6. The van der Waals surface area contributed by atoms with E-state index in [-0.39, 0.29) is 30.2 Å². The molecule has 2 bridgehead atoms. The molecule has 8 heteroatoms. The smallest absolute Gasteiger partial charge is 0.308 e. The normalized spacial score (nSPS) is 33.2. The number of likely N-dealkylation sites (tertiary alicyclic amines) is 1. The summed E-state index contributed by atoms with van der Waals surface area (Å²) in [5, 5.41) is 18.9. The molecule has 0 aliphatic carbocycles. The van der Waals surface area contributed by atoms with Crippen LogP contribution in [-0.2, 0) is 14.4 Å². The number of aliphatic hydroxyl groups is 1. The van der Waals surface area contributed by atoms with Crippen LogP contribution in [0.4, 0.5) is 0 Å². The molecule has 5 atom stereocenters. The van der Waals surface area contributed by atoms with Gasteiger partial charge in [-0.25, -0.2) is 0 Å². The van der Waals surface area contributed by atoms with E-state index in [1.54, 1.807) is 27.6 Å². The van der Waals surface area contributed by atoms with Gasteiger partial charge in [0.1, 0.15) is 6.04 Å². The molecule has 7 nitrogen and oxygen atoms in total. The topological polar surface area (TPSA) is 98.2 Å². The summed E-state index contributed by atoms with van der Waals surface area (Å²) in [5.41, 5.74) is 0. The third kappa shape index (κ3) is 3.24. The highest BCUT2D eigenvalue weighted by Crippen LogP contribution is 2.66. The van der Waals surface area contributed by atoms with Crippen molar-refractivity contribution in [1.29, 1.82) is 0 Å². The monoisotopic (exact) mass is 410 g/mol. The Morgan fingerprint density at radius 2 is 2.18 bits per heavy atom. The van der Waals surface area contributed by atoms with Gasteiger partial charge < -0.3 is 20.0 Å². The summed E-state index contributed by atoms with van der Waals surface area (Å²) >= 11 is 1.54. The van der Waals surface area contributed by atoms with Crippen molar-refractivity contribution in [3.8, 4) is 0 Å². The minimum atomic E-state index is -0.943. The van der Waals surface area contributed by atoms with Crippen molar-refractivity contribution in [3.05, 3.63) is 12.7 Å². The standard InChI is InChI=1S/C20H30N2O5S/c1-3-5-10-21(9-4-2)18(25)16-20-8-7-13(28-20)14(19(26)27)15(20)17(24)22(16)11-6-12-23/h4,13-16,23H,2-3,5-12H2,1H3,(H,26,27)/t13-,14+,15+,16?,20?/m1/s1. The minimum Gasteiger partial charge on any atom is -0.481 e. The van der Waals surface area contributed by atoms with E-state index >= 15 is 0 Å². The van der Waals surface area contributed by atoms with Gasteiger partial charge in [-0.1, -0.05) is 19.4 Å². The molecule has 1 spiro atoms. The first-order valence-corrected chi connectivity index (χ1v) is 11.0. The van der Waals surface area contributed by atoms with Crippen molar-refractivity contribution in [2.45, 2.75) is 55.1 Å². The van der Waals surface area contributed by atoms with Gasteiger partial charge in [-0.15, -0.1) is 18.3 Å². The van der Waals surface area contributed by atoms with Gasteiger partial charge in [0.15, 0.2) is 0 Å². The molecule has 3 aliphatic rings. The number of carbonyl (C=O) groups is 3. The number of carbonyl (C=O) groups excluding carboxylic acids is 2. The number of rotatable bonds is 10. The van der Waals surface area contributed by atoms with Crippen molar-refractivity contribution < 1.29 is 24.6 Å². The lowest BCUT2D eigenvalue weighted by Gasteiger charge is -2.37. The van der Waals surface area contributed by atoms with Gasteiger partial charge in [-0.05, 0) is 25.7 Å². The van der Waals surface area contributed by atoms with Gasteiger partial charge in [-0.3, -0.25) is 14.4 Å². The number of amides is 2. The van der Waals surface area contributed by atoms with Crippen LogP contribution in [0.5, 0.6) is 0 Å². The van der Waals surface area contributed by atoms with Gasteiger partial charge in [-0.2, -0.15) is 0 Å². The Kier molecular flexibility index (Phi) is 6.39. The zero-order valence-electron chi connectivity index (χ0n) is 16.4. The largest absolute Gasteiger partial charge is 0.481 e. The average molecular weight is 411 g/mol. The van der Waals surface area contributed by atoms with Gasteiger partial charge >= 0.3 is 5.97 Å². The molecule has 0 saturated carbocycles. The molecule has 3 saturated heterocycles. The van der Waals surface area contributed by atoms with E-state index in [0.29, 0.717) is 25.9 Å². The summed E-state index contributed by atoms with van der Waals surface area (Å²) in [5.74, 6) is -2.67. The highest BCUT2D eigenvalue weighted by molar-refractivity contribution is 8.02. The molecule has 28 heavy (non-hydrogen) atoms. The SMILES string of the molecule is C=CCN(CCCC)C(=O)C1N(CCCO)C(=O)[C@@H]2[C@@H](C(=O)O)[C@H]3CCC12S3. The van der Waals surface area contributed by atoms with E-state index in [1.807, 2.05) is 0 Å². The van der Waals surface area contributed by atoms with Crippen LogP contribution < -0.4 is 0 Å². The number of carboxylic acids is 1. The van der Waals surface area contributed by atoms with Gasteiger partial charge in [0.05, 0.1) is 16.6 Å². The second-order valence-corrected chi connectivity index (χ2v) is 9.53. The van der Waals surface area contributed by atoms with E-state index in [1.165, 1.54) is 0 Å². The van der Waals surface area contributed by atoms with Gasteiger partial charge in [0.2, 0.25) is 11.8 Å². The molecule has 2 unspecified atom stereocenters. The van der Waals surface area contributed by atoms with E-state index in [0.717, 1.165) is 19.3 Å². The van der Waals surface area contributed by atoms with E-state index in [9.17, 15) is 24.6 Å². The van der Waals surface area contributed by atoms with Crippen LogP contribution in [0.2, 0.25) is 0 Å². The Morgan fingerprint density at radius 3 is 2.79 bits per heavy atom. The van der Waals surface area contributed by atoms with Crippen molar-refractivity contribution in [2.75, 3.05) is 26.2 Å². The number of aliphatic carboxylic acids is 1. The molecule has 2 N–H and O–H groups in total. The molecule has 2 amide bonds. The average Bonchev–Trinajstić information content (AvgIpc) is 3.30. The van der Waals surface area contributed by atoms with Crippen molar-refractivity contribution in [3.63, 3.8) is 0 Å². The third-order valence-corrected chi connectivity index (χ3v) is 8.27. The van der Waals surface area contributed by atoms with Crippen molar-refractivity contribution in [1.82, 2.24) is 9.80 Å². The molecular weight excluding hydrogens is 380 g/mol. The highest BCUT2D eigenvalue weighted by Gasteiger charge is 2.73. The molecule has 0 radical (unpaired) electrons. The number of fused-ring (bicyclic) bond motifs is 1. The summed E-state index contributed by atoms with van der Waals surface area (Å²) in [6.45, 7) is 7.02. The summed E-state index contributed by atoms with van der Waals surface area (Å²) in [4.78, 5) is 42.1. The lowest BCUT2D eigenvalue weighted by molar-refractivity contribution is -0.148. The Balaban J connectivity index is 1.98. The van der Waals surface area contributed by atoms with Crippen LogP contribution in [0.1, 0.15) is 39.0 Å². The number of unbranched alkanes of at least 4 members (excludes halogenated alkanes) is 1. The first-order valence-electron chi connectivity index (χ1n) is 10.1. The van der Waals surface area contributed by atoms with Gasteiger partial charge in [0.25, 0.3) is 0 Å². The van der Waals surface area contributed by atoms with Crippen LogP contribution in [0.15, 0.2) is 12.7 Å². The predicted molar refractivity (Wildman–Crippen MR) is 107 cm³/mol. The zero-order valence-corrected chi connectivity index (χ0v) is 17.2. The van der Waals surface area contributed by atoms with Crippen LogP contribution in [0.3, 0.4) is 0 Å². The molecular formula is C20H30N2O5S. The number of hydrogen-bond acceptors (Lipinski definition) is 5. The number of thioether (sulfide) groups is 1. The summed E-state index contributed by atoms with van der Waals surface area (Å²) < 4.78 is -0.664. The molecule has 0 aromatic rings. The second-order valence-electron chi connectivity index (χ2n) is 7.93. The number of aliphatic hydroxyl groups excluding tert-OH is 1. The molecule has 0 aromatic carbocycles. The predicted octanol–water partition coefficient (Wildman–Crippen LogP) is 1.36. The molecule has 3 aliphatic heterocycles. The highest BCUT2D eigenvalue weighted by atomic mass is 32.2. The first-order chi connectivity index (χ1) is 13.4. The van der Waals surface area contributed by atoms with E-state index in [4.69, 9.17) is 0 Å². The zero-order chi connectivity index (χ0) is 20.5. The van der Waals surface area contributed by atoms with Crippen LogP contribution in [0, 0.1) is 11.8 Å². The maximum Gasteiger partial charge on any atom is 0.308 e. The Labute approximate surface area is 170 Å². The lowest BCUT2D eigenvalue weighted by Crippen LogP contribution is -2.55. The molecule has 156 valence electrons. The van der Waals surface area contributed by atoms with E-state index in [2.05, 4.69) is 13.5 Å². The fraction of sp³-hybridized carbons (Fsp3) is 0.750. The third-order valence-electron chi connectivity index (χ3n) is 6.32. The number of carboxylic acid groups (broad SMARTS) is 1. The summed E-state index contributed by atoms with van der Waals surface area (Å²) in [7, 11) is 0. The van der Waals surface area contributed by atoms with E-state index < -0.39 is 28.6 Å². The molecule has 3 heterocycles. The molecule has 3 fully saturated rings. The van der Waals surface area contributed by atoms with Crippen LogP contribution in [0.25, 0.3) is 0 Å². The number of hydrogen-bond donors (Lipinski definition) is 2. The van der Waals surface area contributed by atoms with Gasteiger partial charge in [0, 0.05) is 31.5 Å². The van der Waals surface area contributed by atoms with Crippen molar-refractivity contribution >= 4 is 29.5 Å². The fourth-order valence-electron chi connectivity index (χ4n) is 5.16. The lowest BCUT2D eigenvalue weighted by atomic mass is 9.71. The van der Waals surface area contributed by atoms with Crippen LogP contribution >= 0.6 is 11.8 Å². The number of nitrogens with zero attached hydrogens (tertiary/aromatic N) is 2.